The summed E-state index contributed by atoms with van der Waals surface area (Å²) in [6.45, 7) is 2.50. The van der Waals surface area contributed by atoms with Crippen molar-refractivity contribution >= 4 is 10.1 Å². The minimum Gasteiger partial charge on any atom is -0.436 e. The molecule has 0 aromatic rings. The SMILES string of the molecule is C=COC(F)(F)C(F)(F)S(=O)(=O)OF. The lowest BCUT2D eigenvalue weighted by atomic mass is 10.6. The fourth-order valence-corrected chi connectivity index (χ4v) is 0.777. The van der Waals surface area contributed by atoms with Gasteiger partial charge in [-0.3, -0.25) is 0 Å². The lowest BCUT2D eigenvalue weighted by Gasteiger charge is -2.21. The van der Waals surface area contributed by atoms with Crippen molar-refractivity contribution in [2.75, 3.05) is 0 Å². The molecule has 14 heavy (non-hydrogen) atoms. The maximum absolute atomic E-state index is 12.3. The van der Waals surface area contributed by atoms with Crippen molar-refractivity contribution in [1.29, 1.82) is 0 Å². The van der Waals surface area contributed by atoms with Gasteiger partial charge < -0.3 is 4.74 Å². The van der Waals surface area contributed by atoms with Crippen LogP contribution in [0.3, 0.4) is 0 Å². The Balaban J connectivity index is 5.24. The summed E-state index contributed by atoms with van der Waals surface area (Å²) < 4.78 is 84.8. The molecule has 0 saturated heterocycles. The van der Waals surface area contributed by atoms with Gasteiger partial charge in [-0.2, -0.15) is 26.0 Å². The standard InChI is InChI=1S/C4H3F5O4S/c1-2-12-3(5,6)4(7,8)14(10,11)13-9/h2H,1H2. The van der Waals surface area contributed by atoms with Crippen LogP contribution in [0.5, 0.6) is 0 Å². The fraction of sp³-hybridized carbons (Fsp3) is 0.500. The number of hydrogen-bond acceptors (Lipinski definition) is 4. The van der Waals surface area contributed by atoms with Crippen molar-refractivity contribution in [3.63, 3.8) is 0 Å². The molecule has 0 amide bonds. The highest BCUT2D eigenvalue weighted by molar-refractivity contribution is 7.87. The van der Waals surface area contributed by atoms with Crippen LogP contribution in [-0.4, -0.2) is 19.8 Å². The third-order valence-corrected chi connectivity index (χ3v) is 2.00. The van der Waals surface area contributed by atoms with Crippen molar-refractivity contribution in [3.8, 4) is 0 Å². The van der Waals surface area contributed by atoms with Gasteiger partial charge in [0.2, 0.25) is 0 Å². The van der Waals surface area contributed by atoms with Gasteiger partial charge in [0, 0.05) is 0 Å². The minimum atomic E-state index is -6.40. The molecule has 0 fully saturated rings. The quantitative estimate of drug-likeness (QED) is 0.542. The maximum atomic E-state index is 12.3. The average molecular weight is 242 g/mol. The normalized spacial score (nSPS) is 13.8. The van der Waals surface area contributed by atoms with Gasteiger partial charge in [-0.15, -0.1) is 0 Å². The zero-order valence-corrected chi connectivity index (χ0v) is 7.03. The Morgan fingerprint density at radius 3 is 1.93 bits per heavy atom. The van der Waals surface area contributed by atoms with Gasteiger partial charge in [0.15, 0.2) is 0 Å². The van der Waals surface area contributed by atoms with Crippen LogP contribution in [0.15, 0.2) is 12.8 Å². The van der Waals surface area contributed by atoms with Crippen LogP contribution in [0, 0.1) is 0 Å². The van der Waals surface area contributed by atoms with E-state index in [1.165, 1.54) is 0 Å². The summed E-state index contributed by atoms with van der Waals surface area (Å²) in [7, 11) is -6.40. The largest absolute Gasteiger partial charge is 0.482 e. The number of ether oxygens (including phenoxy) is 1. The predicted molar refractivity (Wildman–Crippen MR) is 32.3 cm³/mol. The van der Waals surface area contributed by atoms with Crippen LogP contribution >= 0.6 is 0 Å². The van der Waals surface area contributed by atoms with Crippen molar-refractivity contribution in [3.05, 3.63) is 12.8 Å². The summed E-state index contributed by atoms with van der Waals surface area (Å²) in [4.78, 5) is 0. The Hall–Kier alpha value is -0.900. The van der Waals surface area contributed by atoms with Crippen LogP contribution in [0.2, 0.25) is 0 Å². The monoisotopic (exact) mass is 242 g/mol. The zero-order chi connectivity index (χ0) is 11.6. The predicted octanol–water partition coefficient (Wildman–Crippen LogP) is 1.56. The van der Waals surface area contributed by atoms with E-state index in [1.54, 1.807) is 4.39 Å². The van der Waals surface area contributed by atoms with E-state index in [2.05, 4.69) is 11.3 Å². The molecule has 0 heterocycles. The molecule has 0 saturated carbocycles. The fourth-order valence-electron chi connectivity index (χ4n) is 0.358. The van der Waals surface area contributed by atoms with Gasteiger partial charge >= 0.3 is 21.5 Å². The van der Waals surface area contributed by atoms with Gasteiger partial charge in [-0.05, 0) is 4.53 Å². The third kappa shape index (κ3) is 1.95. The number of alkyl halides is 4. The van der Waals surface area contributed by atoms with Gasteiger partial charge in [0.05, 0.1) is 6.26 Å². The van der Waals surface area contributed by atoms with E-state index in [-0.39, 0.29) is 6.26 Å². The number of hydrogen-bond donors (Lipinski definition) is 0. The van der Waals surface area contributed by atoms with Crippen LogP contribution in [0.4, 0.5) is 22.1 Å². The molecule has 0 radical (unpaired) electrons. The molecule has 0 rings (SSSR count). The first-order valence-corrected chi connectivity index (χ1v) is 4.12. The Bertz CT molecular complexity index is 310. The number of rotatable bonds is 5. The molecule has 0 bridgehead atoms. The molecule has 0 atom stereocenters. The third-order valence-electron chi connectivity index (χ3n) is 0.967. The molecule has 0 aliphatic carbocycles. The summed E-state index contributed by atoms with van der Waals surface area (Å²) in [6.07, 6.45) is -5.60. The van der Waals surface area contributed by atoms with Gasteiger partial charge in [-0.1, -0.05) is 11.0 Å². The second-order valence-corrected chi connectivity index (χ2v) is 3.38. The highest BCUT2D eigenvalue weighted by Crippen LogP contribution is 2.40. The summed E-state index contributed by atoms with van der Waals surface area (Å²) in [5.74, 6) is 0. The first-order valence-electron chi connectivity index (χ1n) is 2.71. The molecule has 84 valence electrons. The molecule has 10 heteroatoms. The van der Waals surface area contributed by atoms with E-state index in [0.717, 1.165) is 0 Å². The van der Waals surface area contributed by atoms with Crippen LogP contribution in [-0.2, 0) is 19.2 Å². The zero-order valence-electron chi connectivity index (χ0n) is 6.22. The Morgan fingerprint density at radius 1 is 1.21 bits per heavy atom. The lowest BCUT2D eigenvalue weighted by Crippen LogP contribution is -2.48. The second-order valence-electron chi connectivity index (χ2n) is 1.84. The van der Waals surface area contributed by atoms with E-state index < -0.39 is 21.5 Å². The summed E-state index contributed by atoms with van der Waals surface area (Å²) in [5.41, 5.74) is 0. The summed E-state index contributed by atoms with van der Waals surface area (Å²) in [5, 5.41) is -5.86. The first kappa shape index (κ1) is 13.1. The Morgan fingerprint density at radius 2 is 1.64 bits per heavy atom. The molecule has 0 spiro atoms. The molecule has 0 aromatic carbocycles. The van der Waals surface area contributed by atoms with Gasteiger partial charge in [-0.25, -0.2) is 0 Å². The van der Waals surface area contributed by atoms with Crippen LogP contribution in [0.25, 0.3) is 0 Å². The maximum Gasteiger partial charge on any atom is 0.482 e. The van der Waals surface area contributed by atoms with Gasteiger partial charge in [0.25, 0.3) is 0 Å². The van der Waals surface area contributed by atoms with Crippen molar-refractivity contribution < 1.29 is 39.6 Å². The van der Waals surface area contributed by atoms with Crippen molar-refractivity contribution in [1.82, 2.24) is 0 Å². The molecule has 0 aromatic heterocycles. The molecule has 0 aliphatic heterocycles. The Kier molecular flexibility index (Phi) is 3.45. The molecule has 0 N–H and O–H groups in total. The molecule has 0 aliphatic rings. The van der Waals surface area contributed by atoms with E-state index >= 15 is 0 Å². The molecule has 0 unspecified atom stereocenters. The Labute approximate surface area is 74.9 Å². The van der Waals surface area contributed by atoms with E-state index in [1.807, 2.05) is 0 Å². The van der Waals surface area contributed by atoms with E-state index in [9.17, 15) is 30.5 Å². The first-order chi connectivity index (χ1) is 6.12. The number of halogens is 5. The van der Waals surface area contributed by atoms with Crippen molar-refractivity contribution in [2.45, 2.75) is 11.4 Å². The lowest BCUT2D eigenvalue weighted by molar-refractivity contribution is -0.297. The van der Waals surface area contributed by atoms with E-state index in [0.29, 0.717) is 0 Å². The molecular weight excluding hydrogens is 239 g/mol. The van der Waals surface area contributed by atoms with Crippen LogP contribution in [0.1, 0.15) is 0 Å². The average Bonchev–Trinajstić information content (AvgIpc) is 2.03. The second kappa shape index (κ2) is 3.69. The van der Waals surface area contributed by atoms with Crippen molar-refractivity contribution in [2.24, 2.45) is 0 Å². The van der Waals surface area contributed by atoms with E-state index in [4.69, 9.17) is 0 Å². The summed E-state index contributed by atoms with van der Waals surface area (Å²) in [6, 6.07) is 0. The molecule has 4 nitrogen and oxygen atoms in total. The molecular formula is C4H3F5O4S. The minimum absolute atomic E-state index is 0.123. The smallest absolute Gasteiger partial charge is 0.436 e. The topological polar surface area (TPSA) is 52.6 Å². The highest BCUT2D eigenvalue weighted by atomic mass is 32.2. The summed E-state index contributed by atoms with van der Waals surface area (Å²) >= 11 is 0. The van der Waals surface area contributed by atoms with Crippen LogP contribution < -0.4 is 0 Å². The highest BCUT2D eigenvalue weighted by Gasteiger charge is 2.70. The van der Waals surface area contributed by atoms with Gasteiger partial charge in [0.1, 0.15) is 0 Å².